The van der Waals surface area contributed by atoms with Crippen LogP contribution in [0.1, 0.15) is 10.8 Å². The van der Waals surface area contributed by atoms with Crippen molar-refractivity contribution in [1.82, 2.24) is 9.97 Å². The first-order chi connectivity index (χ1) is 12.1. The Hall–Kier alpha value is -2.93. The summed E-state index contributed by atoms with van der Waals surface area (Å²) < 4.78 is 13.0. The van der Waals surface area contributed by atoms with Crippen molar-refractivity contribution in [3.05, 3.63) is 88.6 Å². The maximum atomic E-state index is 13.0. The molecule has 7 heteroatoms. The molecule has 0 saturated heterocycles. The quantitative estimate of drug-likeness (QED) is 0.543. The van der Waals surface area contributed by atoms with E-state index in [4.69, 9.17) is 0 Å². The molecule has 0 aliphatic heterocycles. The molecule has 0 spiro atoms. The minimum absolute atomic E-state index is 0.289. The summed E-state index contributed by atoms with van der Waals surface area (Å²) in [6, 6.07) is 16.0. The average molecular weight is 355 g/mol. The number of thioether (sulfide) groups is 1. The Labute approximate surface area is 147 Å². The van der Waals surface area contributed by atoms with Gasteiger partial charge in [0.1, 0.15) is 11.1 Å². The third-order valence-corrected chi connectivity index (χ3v) is 4.48. The highest BCUT2D eigenvalue weighted by Gasteiger charge is 2.23. The van der Waals surface area contributed by atoms with Gasteiger partial charge in [0.15, 0.2) is 5.16 Å². The second-order valence-corrected chi connectivity index (χ2v) is 6.24. The van der Waals surface area contributed by atoms with Gasteiger partial charge in [-0.25, -0.2) is 9.37 Å². The van der Waals surface area contributed by atoms with Crippen LogP contribution in [0, 0.1) is 5.82 Å². The summed E-state index contributed by atoms with van der Waals surface area (Å²) in [5.74, 6) is -0.674. The minimum atomic E-state index is -0.628. The zero-order chi connectivity index (χ0) is 17.6. The van der Waals surface area contributed by atoms with Gasteiger partial charge in [-0.05, 0) is 29.8 Å². The standard InChI is InChI=1S/C18H14FN3O2S/c19-13-6-8-14(9-7-13)21-17(24)16(12-4-2-1-3-5-12)25-18-20-11-10-15(23)22-18/h1-11,16H,(H,21,24)(H,20,22,23). The van der Waals surface area contributed by atoms with Crippen LogP contribution in [0.2, 0.25) is 0 Å². The van der Waals surface area contributed by atoms with Crippen LogP contribution >= 0.6 is 11.8 Å². The summed E-state index contributed by atoms with van der Waals surface area (Å²) in [6.45, 7) is 0. The first kappa shape index (κ1) is 16.9. The number of amides is 1. The number of rotatable bonds is 5. The van der Waals surface area contributed by atoms with Crippen LogP contribution in [0.3, 0.4) is 0 Å². The predicted molar refractivity (Wildman–Crippen MR) is 94.9 cm³/mol. The number of carbonyl (C=O) groups is 1. The first-order valence-electron chi connectivity index (χ1n) is 7.45. The molecule has 0 aliphatic carbocycles. The number of halogens is 1. The van der Waals surface area contributed by atoms with Gasteiger partial charge in [-0.3, -0.25) is 9.59 Å². The van der Waals surface area contributed by atoms with Crippen molar-refractivity contribution < 1.29 is 9.18 Å². The van der Waals surface area contributed by atoms with Crippen LogP contribution in [0.4, 0.5) is 10.1 Å². The van der Waals surface area contributed by atoms with Gasteiger partial charge in [0.05, 0.1) is 0 Å². The van der Waals surface area contributed by atoms with Crippen LogP contribution in [0.15, 0.2) is 76.8 Å². The highest BCUT2D eigenvalue weighted by Crippen LogP contribution is 2.33. The second-order valence-electron chi connectivity index (χ2n) is 5.14. The predicted octanol–water partition coefficient (Wildman–Crippen LogP) is 3.38. The number of aromatic nitrogens is 2. The summed E-state index contributed by atoms with van der Waals surface area (Å²) in [5.41, 5.74) is 0.962. The Morgan fingerprint density at radius 3 is 2.48 bits per heavy atom. The lowest BCUT2D eigenvalue weighted by molar-refractivity contribution is -0.115. The summed E-state index contributed by atoms with van der Waals surface area (Å²) >= 11 is 1.13. The monoisotopic (exact) mass is 355 g/mol. The van der Waals surface area contributed by atoms with Gasteiger partial charge < -0.3 is 10.3 Å². The largest absolute Gasteiger partial charge is 0.325 e. The molecule has 0 fully saturated rings. The van der Waals surface area contributed by atoms with E-state index in [-0.39, 0.29) is 17.3 Å². The minimum Gasteiger partial charge on any atom is -0.325 e. The number of nitrogens with zero attached hydrogens (tertiary/aromatic N) is 1. The molecule has 0 radical (unpaired) electrons. The number of hydrogen-bond donors (Lipinski definition) is 2. The SMILES string of the molecule is O=C(Nc1ccc(F)cc1)C(Sc1nccc(=O)[nH]1)c1ccccc1. The molecular weight excluding hydrogens is 341 g/mol. The third kappa shape index (κ3) is 4.54. The normalized spacial score (nSPS) is 11.7. The second kappa shape index (κ2) is 7.76. The summed E-state index contributed by atoms with van der Waals surface area (Å²) in [4.78, 5) is 30.9. The summed E-state index contributed by atoms with van der Waals surface area (Å²) in [7, 11) is 0. The molecule has 1 amide bonds. The Balaban J connectivity index is 1.86. The number of benzene rings is 2. The topological polar surface area (TPSA) is 74.8 Å². The maximum absolute atomic E-state index is 13.0. The van der Waals surface area contributed by atoms with Crippen LogP contribution in [0.25, 0.3) is 0 Å². The molecule has 2 N–H and O–H groups in total. The van der Waals surface area contributed by atoms with E-state index in [9.17, 15) is 14.0 Å². The van der Waals surface area contributed by atoms with E-state index < -0.39 is 5.25 Å². The molecule has 126 valence electrons. The van der Waals surface area contributed by atoms with Gasteiger partial charge in [-0.1, -0.05) is 42.1 Å². The van der Waals surface area contributed by atoms with E-state index in [1.54, 1.807) is 0 Å². The molecule has 0 bridgehead atoms. The molecule has 1 atom stereocenters. The maximum Gasteiger partial charge on any atom is 0.251 e. The number of carbonyl (C=O) groups excluding carboxylic acids is 1. The third-order valence-electron chi connectivity index (χ3n) is 3.33. The lowest BCUT2D eigenvalue weighted by atomic mass is 10.1. The zero-order valence-corrected chi connectivity index (χ0v) is 13.8. The summed E-state index contributed by atoms with van der Waals surface area (Å²) in [5, 5.41) is 2.47. The fourth-order valence-electron chi connectivity index (χ4n) is 2.17. The Kier molecular flexibility index (Phi) is 5.25. The van der Waals surface area contributed by atoms with Crippen molar-refractivity contribution in [2.75, 3.05) is 5.32 Å². The van der Waals surface area contributed by atoms with E-state index in [1.807, 2.05) is 30.3 Å². The van der Waals surface area contributed by atoms with Crippen molar-refractivity contribution in [3.63, 3.8) is 0 Å². The molecule has 1 heterocycles. The van der Waals surface area contributed by atoms with Crippen LogP contribution in [-0.4, -0.2) is 15.9 Å². The van der Waals surface area contributed by atoms with Crippen LogP contribution in [-0.2, 0) is 4.79 Å². The molecular formula is C18H14FN3O2S. The van der Waals surface area contributed by atoms with Crippen molar-refractivity contribution in [2.24, 2.45) is 0 Å². The van der Waals surface area contributed by atoms with E-state index in [2.05, 4.69) is 15.3 Å². The molecule has 25 heavy (non-hydrogen) atoms. The van der Waals surface area contributed by atoms with Crippen molar-refractivity contribution >= 4 is 23.4 Å². The van der Waals surface area contributed by atoms with E-state index in [0.717, 1.165) is 17.3 Å². The van der Waals surface area contributed by atoms with E-state index >= 15 is 0 Å². The van der Waals surface area contributed by atoms with Crippen LogP contribution in [0.5, 0.6) is 0 Å². The van der Waals surface area contributed by atoms with Gasteiger partial charge in [0, 0.05) is 18.0 Å². The molecule has 1 aromatic heterocycles. The van der Waals surface area contributed by atoms with Gasteiger partial charge in [0.2, 0.25) is 5.91 Å². The highest BCUT2D eigenvalue weighted by atomic mass is 32.2. The number of H-pyrrole nitrogens is 1. The molecule has 1 unspecified atom stereocenters. The lowest BCUT2D eigenvalue weighted by Crippen LogP contribution is -2.19. The van der Waals surface area contributed by atoms with Crippen molar-refractivity contribution in [1.29, 1.82) is 0 Å². The smallest absolute Gasteiger partial charge is 0.251 e. The van der Waals surface area contributed by atoms with E-state index in [0.29, 0.717) is 10.8 Å². The number of hydrogen-bond acceptors (Lipinski definition) is 4. The van der Waals surface area contributed by atoms with Gasteiger partial charge in [-0.2, -0.15) is 0 Å². The van der Waals surface area contributed by atoms with Gasteiger partial charge >= 0.3 is 0 Å². The Morgan fingerprint density at radius 2 is 1.80 bits per heavy atom. The lowest BCUT2D eigenvalue weighted by Gasteiger charge is -2.16. The molecule has 5 nitrogen and oxygen atoms in total. The van der Waals surface area contributed by atoms with Crippen molar-refractivity contribution in [3.8, 4) is 0 Å². The fourth-order valence-corrected chi connectivity index (χ4v) is 3.13. The molecule has 0 aliphatic rings. The zero-order valence-electron chi connectivity index (χ0n) is 13.0. The Morgan fingerprint density at radius 1 is 1.08 bits per heavy atom. The molecule has 0 saturated carbocycles. The van der Waals surface area contributed by atoms with Crippen LogP contribution < -0.4 is 10.9 Å². The van der Waals surface area contributed by atoms with E-state index in [1.165, 1.54) is 36.5 Å². The number of nitrogens with one attached hydrogen (secondary N) is 2. The van der Waals surface area contributed by atoms with Crippen molar-refractivity contribution in [2.45, 2.75) is 10.4 Å². The Bertz CT molecular complexity index is 913. The number of aromatic amines is 1. The fraction of sp³-hybridized carbons (Fsp3) is 0.0556. The average Bonchev–Trinajstić information content (AvgIpc) is 2.62. The van der Waals surface area contributed by atoms with Gasteiger partial charge in [0.25, 0.3) is 5.56 Å². The molecule has 2 aromatic carbocycles. The molecule has 3 aromatic rings. The first-order valence-corrected chi connectivity index (χ1v) is 8.33. The summed E-state index contributed by atoms with van der Waals surface area (Å²) in [6.07, 6.45) is 1.39. The molecule has 3 rings (SSSR count). The highest BCUT2D eigenvalue weighted by molar-refractivity contribution is 8.00. The number of anilines is 1. The van der Waals surface area contributed by atoms with Gasteiger partial charge in [-0.15, -0.1) is 0 Å².